The molecule has 3 nitrogen and oxygen atoms in total. The maximum absolute atomic E-state index is 10.7. The lowest BCUT2D eigenvalue weighted by Crippen LogP contribution is -2.32. The third-order valence-corrected chi connectivity index (χ3v) is 1.68. The zero-order valence-electron chi connectivity index (χ0n) is 7.55. The molecule has 0 aliphatic rings. The predicted molar refractivity (Wildman–Crippen MR) is 42.5 cm³/mol. The molecule has 0 spiro atoms. The molecule has 0 aromatic rings. The van der Waals surface area contributed by atoms with Gasteiger partial charge in [-0.05, 0) is 5.41 Å². The first-order valence-electron chi connectivity index (χ1n) is 3.61. The van der Waals surface area contributed by atoms with Crippen LogP contribution in [0.1, 0.15) is 20.8 Å². The van der Waals surface area contributed by atoms with E-state index in [4.69, 9.17) is 9.84 Å². The minimum atomic E-state index is -0.792. The van der Waals surface area contributed by atoms with E-state index in [0.717, 1.165) is 0 Å². The van der Waals surface area contributed by atoms with Crippen LogP contribution in [0.3, 0.4) is 0 Å². The standard InChI is InChI=1S/C8H16O3/c1-8(2,3)6(5-11-4)7(9)10/h6H,5H2,1-4H3,(H,9,10). The summed E-state index contributed by atoms with van der Waals surface area (Å²) in [4.78, 5) is 10.7. The van der Waals surface area contributed by atoms with Crippen molar-refractivity contribution in [3.63, 3.8) is 0 Å². The van der Waals surface area contributed by atoms with Gasteiger partial charge in [0.1, 0.15) is 0 Å². The lowest BCUT2D eigenvalue weighted by molar-refractivity contribution is -0.147. The van der Waals surface area contributed by atoms with E-state index >= 15 is 0 Å². The average Bonchev–Trinajstić information content (AvgIpc) is 1.79. The van der Waals surface area contributed by atoms with Crippen molar-refractivity contribution < 1.29 is 14.6 Å². The van der Waals surface area contributed by atoms with E-state index in [-0.39, 0.29) is 12.0 Å². The number of hydrogen-bond donors (Lipinski definition) is 1. The Balaban J connectivity index is 4.22. The highest BCUT2D eigenvalue weighted by Gasteiger charge is 2.30. The molecule has 11 heavy (non-hydrogen) atoms. The topological polar surface area (TPSA) is 46.5 Å². The van der Waals surface area contributed by atoms with Crippen LogP contribution in [-0.4, -0.2) is 24.8 Å². The summed E-state index contributed by atoms with van der Waals surface area (Å²) in [6.45, 7) is 5.96. The van der Waals surface area contributed by atoms with Gasteiger partial charge in [-0.15, -0.1) is 0 Å². The summed E-state index contributed by atoms with van der Waals surface area (Å²) in [6, 6.07) is 0. The lowest BCUT2D eigenvalue weighted by atomic mass is 9.81. The molecule has 3 heteroatoms. The molecule has 0 aliphatic carbocycles. The molecule has 0 heterocycles. The largest absolute Gasteiger partial charge is 0.481 e. The molecule has 0 bridgehead atoms. The van der Waals surface area contributed by atoms with Crippen LogP contribution < -0.4 is 0 Å². The van der Waals surface area contributed by atoms with E-state index in [1.54, 1.807) is 0 Å². The van der Waals surface area contributed by atoms with E-state index in [1.807, 2.05) is 20.8 Å². The molecule has 0 rings (SSSR count). The van der Waals surface area contributed by atoms with Crippen LogP contribution in [0.4, 0.5) is 0 Å². The molecule has 66 valence electrons. The number of hydrogen-bond acceptors (Lipinski definition) is 2. The van der Waals surface area contributed by atoms with Gasteiger partial charge >= 0.3 is 5.97 Å². The van der Waals surface area contributed by atoms with Crippen LogP contribution in [0, 0.1) is 11.3 Å². The van der Waals surface area contributed by atoms with Crippen LogP contribution in [0.25, 0.3) is 0 Å². The van der Waals surface area contributed by atoms with Crippen molar-refractivity contribution >= 4 is 5.97 Å². The van der Waals surface area contributed by atoms with Gasteiger partial charge in [-0.25, -0.2) is 0 Å². The van der Waals surface area contributed by atoms with Crippen molar-refractivity contribution in [2.45, 2.75) is 20.8 Å². The molecular weight excluding hydrogens is 144 g/mol. The second-order valence-corrected chi connectivity index (χ2v) is 3.71. The molecule has 0 aliphatic heterocycles. The first-order chi connectivity index (χ1) is 4.89. The number of aliphatic carboxylic acids is 1. The molecule has 0 saturated heterocycles. The summed E-state index contributed by atoms with van der Waals surface area (Å²) < 4.78 is 4.81. The number of carboxylic acid groups (broad SMARTS) is 1. The highest BCUT2D eigenvalue weighted by Crippen LogP contribution is 2.25. The predicted octanol–water partition coefficient (Wildman–Crippen LogP) is 1.38. The molecule has 0 aromatic carbocycles. The highest BCUT2D eigenvalue weighted by molar-refractivity contribution is 5.71. The Morgan fingerprint density at radius 3 is 2.09 bits per heavy atom. The van der Waals surface area contributed by atoms with Gasteiger partial charge in [0.2, 0.25) is 0 Å². The smallest absolute Gasteiger partial charge is 0.309 e. The van der Waals surface area contributed by atoms with E-state index in [9.17, 15) is 4.79 Å². The van der Waals surface area contributed by atoms with Crippen molar-refractivity contribution in [2.75, 3.05) is 13.7 Å². The van der Waals surface area contributed by atoms with E-state index in [2.05, 4.69) is 0 Å². The zero-order valence-corrected chi connectivity index (χ0v) is 7.55. The van der Waals surface area contributed by atoms with Crippen molar-refractivity contribution in [2.24, 2.45) is 11.3 Å². The molecule has 0 fully saturated rings. The van der Waals surface area contributed by atoms with Crippen molar-refractivity contribution in [1.29, 1.82) is 0 Å². The summed E-state index contributed by atoms with van der Waals surface area (Å²) in [6.07, 6.45) is 0. The van der Waals surface area contributed by atoms with Gasteiger partial charge in [0.25, 0.3) is 0 Å². The lowest BCUT2D eigenvalue weighted by Gasteiger charge is -2.25. The number of carboxylic acids is 1. The van der Waals surface area contributed by atoms with E-state index in [0.29, 0.717) is 0 Å². The minimum absolute atomic E-state index is 0.234. The molecular formula is C8H16O3. The average molecular weight is 160 g/mol. The molecule has 0 amide bonds. The first kappa shape index (κ1) is 10.4. The van der Waals surface area contributed by atoms with Gasteiger partial charge in [0.05, 0.1) is 12.5 Å². The third-order valence-electron chi connectivity index (χ3n) is 1.68. The Bertz CT molecular complexity index is 135. The fourth-order valence-electron chi connectivity index (χ4n) is 0.858. The summed E-state index contributed by atoms with van der Waals surface area (Å²) in [5.41, 5.74) is -0.234. The van der Waals surface area contributed by atoms with Crippen molar-refractivity contribution in [3.8, 4) is 0 Å². The quantitative estimate of drug-likeness (QED) is 0.678. The van der Waals surface area contributed by atoms with Crippen molar-refractivity contribution in [3.05, 3.63) is 0 Å². The molecule has 1 atom stereocenters. The van der Waals surface area contributed by atoms with Crippen LogP contribution in [-0.2, 0) is 9.53 Å². The second kappa shape index (κ2) is 3.72. The Hall–Kier alpha value is -0.570. The number of carbonyl (C=O) groups is 1. The number of methoxy groups -OCH3 is 1. The molecule has 0 aromatic heterocycles. The van der Waals surface area contributed by atoms with Crippen LogP contribution in [0.5, 0.6) is 0 Å². The highest BCUT2D eigenvalue weighted by atomic mass is 16.5. The monoisotopic (exact) mass is 160 g/mol. The summed E-state index contributed by atoms with van der Waals surface area (Å²) in [5.74, 6) is -1.22. The maximum Gasteiger partial charge on any atom is 0.309 e. The van der Waals surface area contributed by atoms with Gasteiger partial charge in [0.15, 0.2) is 0 Å². The van der Waals surface area contributed by atoms with Gasteiger partial charge in [-0.1, -0.05) is 20.8 Å². The molecule has 0 saturated carbocycles. The van der Waals surface area contributed by atoms with E-state index < -0.39 is 11.9 Å². The van der Waals surface area contributed by atoms with Crippen LogP contribution >= 0.6 is 0 Å². The zero-order chi connectivity index (χ0) is 9.07. The summed E-state index contributed by atoms with van der Waals surface area (Å²) >= 11 is 0. The van der Waals surface area contributed by atoms with Crippen LogP contribution in [0.15, 0.2) is 0 Å². The van der Waals surface area contributed by atoms with E-state index in [1.165, 1.54) is 7.11 Å². The molecule has 1 N–H and O–H groups in total. The summed E-state index contributed by atoms with van der Waals surface area (Å²) in [5, 5.41) is 8.76. The number of ether oxygens (including phenoxy) is 1. The van der Waals surface area contributed by atoms with Gasteiger partial charge < -0.3 is 9.84 Å². The van der Waals surface area contributed by atoms with Gasteiger partial charge in [0, 0.05) is 7.11 Å². The normalized spacial score (nSPS) is 14.5. The third kappa shape index (κ3) is 3.37. The maximum atomic E-state index is 10.7. The fourth-order valence-corrected chi connectivity index (χ4v) is 0.858. The first-order valence-corrected chi connectivity index (χ1v) is 3.61. The molecule has 0 radical (unpaired) electrons. The SMILES string of the molecule is COCC(C(=O)O)C(C)(C)C. The van der Waals surface area contributed by atoms with Crippen LogP contribution in [0.2, 0.25) is 0 Å². The fraction of sp³-hybridized carbons (Fsp3) is 0.875. The molecule has 1 unspecified atom stereocenters. The Morgan fingerprint density at radius 2 is 2.00 bits per heavy atom. The Labute approximate surface area is 67.4 Å². The Kier molecular flexibility index (Phi) is 3.52. The number of rotatable bonds is 3. The minimum Gasteiger partial charge on any atom is -0.481 e. The second-order valence-electron chi connectivity index (χ2n) is 3.71. The van der Waals surface area contributed by atoms with Crippen molar-refractivity contribution in [1.82, 2.24) is 0 Å². The van der Waals surface area contributed by atoms with Gasteiger partial charge in [-0.2, -0.15) is 0 Å². The Morgan fingerprint density at radius 1 is 1.55 bits per heavy atom. The summed E-state index contributed by atoms with van der Waals surface area (Å²) in [7, 11) is 1.52. The van der Waals surface area contributed by atoms with Gasteiger partial charge in [-0.3, -0.25) is 4.79 Å².